The van der Waals surface area contributed by atoms with Crippen molar-refractivity contribution < 1.29 is 8.78 Å². The monoisotopic (exact) mass is 246 g/mol. The molecule has 0 unspecified atom stereocenters. The number of nitrogens with one attached hydrogen (secondary N) is 1. The number of rotatable bonds is 3. The van der Waals surface area contributed by atoms with Gasteiger partial charge < -0.3 is 0 Å². The van der Waals surface area contributed by atoms with Crippen molar-refractivity contribution in [1.82, 2.24) is 0 Å². The zero-order valence-corrected chi connectivity index (χ0v) is 9.82. The summed E-state index contributed by atoms with van der Waals surface area (Å²) < 4.78 is 26.4. The zero-order chi connectivity index (χ0) is 13.0. The van der Waals surface area contributed by atoms with Gasteiger partial charge in [-0.2, -0.15) is 5.10 Å². The van der Waals surface area contributed by atoms with Crippen LogP contribution in [0.3, 0.4) is 0 Å². The Kier molecular flexibility index (Phi) is 3.67. The summed E-state index contributed by atoms with van der Waals surface area (Å²) in [4.78, 5) is 0. The summed E-state index contributed by atoms with van der Waals surface area (Å²) in [5.74, 6) is -1.18. The number of hydrogen-bond donors (Lipinski definition) is 1. The van der Waals surface area contributed by atoms with Crippen molar-refractivity contribution in [2.45, 2.75) is 6.92 Å². The molecule has 92 valence electrons. The summed E-state index contributed by atoms with van der Waals surface area (Å²) >= 11 is 0. The Labute approximate surface area is 104 Å². The van der Waals surface area contributed by atoms with Gasteiger partial charge >= 0.3 is 0 Å². The Balaban J connectivity index is 2.12. The van der Waals surface area contributed by atoms with Crippen molar-refractivity contribution in [2.75, 3.05) is 5.43 Å². The van der Waals surface area contributed by atoms with Crippen LogP contribution in [-0.2, 0) is 0 Å². The molecule has 0 fully saturated rings. The summed E-state index contributed by atoms with van der Waals surface area (Å²) in [5, 5.41) is 3.91. The molecule has 0 radical (unpaired) electrons. The van der Waals surface area contributed by atoms with Crippen LogP contribution in [0.5, 0.6) is 0 Å². The summed E-state index contributed by atoms with van der Waals surface area (Å²) in [5.41, 5.74) is 4.20. The van der Waals surface area contributed by atoms with Crippen molar-refractivity contribution in [3.05, 3.63) is 65.2 Å². The van der Waals surface area contributed by atoms with Crippen LogP contribution in [-0.4, -0.2) is 6.21 Å². The van der Waals surface area contributed by atoms with E-state index < -0.39 is 11.6 Å². The van der Waals surface area contributed by atoms with Gasteiger partial charge in [0.15, 0.2) is 0 Å². The molecule has 0 aliphatic carbocycles. The fourth-order valence-electron chi connectivity index (χ4n) is 1.47. The fraction of sp³-hybridized carbons (Fsp3) is 0.0714. The van der Waals surface area contributed by atoms with Gasteiger partial charge in [0, 0.05) is 11.6 Å². The minimum absolute atomic E-state index is 0.248. The number of para-hydroxylation sites is 1. The van der Waals surface area contributed by atoms with E-state index >= 15 is 0 Å². The molecule has 0 heterocycles. The van der Waals surface area contributed by atoms with Gasteiger partial charge in [-0.1, -0.05) is 18.2 Å². The number of nitrogens with zero attached hydrogens (tertiary/aromatic N) is 1. The lowest BCUT2D eigenvalue weighted by molar-refractivity contribution is 0.576. The van der Waals surface area contributed by atoms with Gasteiger partial charge in [0.2, 0.25) is 0 Å². The topological polar surface area (TPSA) is 24.4 Å². The quantitative estimate of drug-likeness (QED) is 0.647. The molecule has 2 rings (SSSR count). The highest BCUT2D eigenvalue weighted by atomic mass is 19.1. The Bertz CT molecular complexity index is 566. The molecule has 2 aromatic carbocycles. The molecule has 0 aliphatic rings. The molecule has 1 N–H and O–H groups in total. The number of hydrazone groups is 1. The van der Waals surface area contributed by atoms with Crippen molar-refractivity contribution in [2.24, 2.45) is 5.10 Å². The van der Waals surface area contributed by atoms with Crippen LogP contribution < -0.4 is 5.43 Å². The maximum atomic E-state index is 13.4. The second kappa shape index (κ2) is 5.40. The fourth-order valence-corrected chi connectivity index (χ4v) is 1.47. The van der Waals surface area contributed by atoms with Crippen molar-refractivity contribution in [1.29, 1.82) is 0 Å². The maximum Gasteiger partial charge on any atom is 0.134 e. The minimum Gasteiger partial charge on any atom is -0.279 e. The lowest BCUT2D eigenvalue weighted by Gasteiger charge is -2.01. The lowest BCUT2D eigenvalue weighted by Crippen LogP contribution is -1.96. The smallest absolute Gasteiger partial charge is 0.134 e. The van der Waals surface area contributed by atoms with Gasteiger partial charge in [0.25, 0.3) is 0 Å². The van der Waals surface area contributed by atoms with E-state index in [1.165, 1.54) is 12.3 Å². The molecule has 0 atom stereocenters. The van der Waals surface area contributed by atoms with Crippen LogP contribution in [0, 0.1) is 18.6 Å². The predicted octanol–water partition coefficient (Wildman–Crippen LogP) is 3.72. The average molecular weight is 246 g/mol. The van der Waals surface area contributed by atoms with Crippen LogP contribution in [0.2, 0.25) is 0 Å². The van der Waals surface area contributed by atoms with Gasteiger partial charge in [-0.05, 0) is 30.7 Å². The highest BCUT2D eigenvalue weighted by molar-refractivity contribution is 5.80. The van der Waals surface area contributed by atoms with Crippen LogP contribution in [0.1, 0.15) is 11.1 Å². The van der Waals surface area contributed by atoms with Gasteiger partial charge in [-0.3, -0.25) is 5.43 Å². The van der Waals surface area contributed by atoms with E-state index in [0.717, 1.165) is 11.8 Å². The molecule has 2 nitrogen and oxygen atoms in total. The molecule has 2 aromatic rings. The molecule has 0 amide bonds. The first-order valence-corrected chi connectivity index (χ1v) is 5.46. The van der Waals surface area contributed by atoms with Crippen LogP contribution >= 0.6 is 0 Å². The molecular formula is C14H12F2N2. The second-order valence-corrected chi connectivity index (χ2v) is 3.86. The zero-order valence-electron chi connectivity index (χ0n) is 9.82. The number of hydrogen-bond acceptors (Lipinski definition) is 2. The third-order valence-corrected chi connectivity index (χ3v) is 2.45. The molecule has 0 bridgehead atoms. The summed E-state index contributed by atoms with van der Waals surface area (Å²) in [6.45, 7) is 1.58. The molecule has 0 aliphatic heterocycles. The molecule has 18 heavy (non-hydrogen) atoms. The largest absolute Gasteiger partial charge is 0.279 e. The first-order valence-electron chi connectivity index (χ1n) is 5.46. The van der Waals surface area contributed by atoms with E-state index in [9.17, 15) is 8.78 Å². The first-order chi connectivity index (χ1) is 8.66. The molecule has 0 aromatic heterocycles. The van der Waals surface area contributed by atoms with Crippen LogP contribution in [0.15, 0.2) is 47.6 Å². The first kappa shape index (κ1) is 12.2. The highest BCUT2D eigenvalue weighted by Crippen LogP contribution is 2.12. The molecule has 0 saturated carbocycles. The van der Waals surface area contributed by atoms with Crippen LogP contribution in [0.25, 0.3) is 0 Å². The van der Waals surface area contributed by atoms with Gasteiger partial charge in [0.1, 0.15) is 11.6 Å². The molecule has 0 spiro atoms. The third-order valence-electron chi connectivity index (χ3n) is 2.45. The van der Waals surface area contributed by atoms with E-state index in [4.69, 9.17) is 0 Å². The lowest BCUT2D eigenvalue weighted by atomic mass is 10.1. The van der Waals surface area contributed by atoms with Gasteiger partial charge in [-0.15, -0.1) is 0 Å². The summed E-state index contributed by atoms with van der Waals surface area (Å²) in [6.07, 6.45) is 1.33. The molecule has 0 saturated heterocycles. The predicted molar refractivity (Wildman–Crippen MR) is 68.8 cm³/mol. The minimum atomic E-state index is -0.628. The SMILES string of the molecule is Cc1cc(C=NNc2ccccc2)c(F)cc1F. The van der Waals surface area contributed by atoms with Gasteiger partial charge in [-0.25, -0.2) is 8.78 Å². The maximum absolute atomic E-state index is 13.4. The Morgan fingerprint density at radius 1 is 1.06 bits per heavy atom. The van der Waals surface area contributed by atoms with E-state index in [1.54, 1.807) is 6.92 Å². The normalized spacial score (nSPS) is 10.8. The standard InChI is InChI=1S/C14H12F2N2/c1-10-7-11(14(16)8-13(10)15)9-17-18-12-5-3-2-4-6-12/h2-9,18H,1H3. The number of anilines is 1. The number of halogens is 2. The highest BCUT2D eigenvalue weighted by Gasteiger charge is 2.04. The van der Waals surface area contributed by atoms with Crippen molar-refractivity contribution in [3.63, 3.8) is 0 Å². The van der Waals surface area contributed by atoms with E-state index in [-0.39, 0.29) is 5.56 Å². The Morgan fingerprint density at radius 3 is 2.50 bits per heavy atom. The Hall–Kier alpha value is -2.23. The average Bonchev–Trinajstić information content (AvgIpc) is 2.37. The van der Waals surface area contributed by atoms with Crippen molar-refractivity contribution in [3.8, 4) is 0 Å². The van der Waals surface area contributed by atoms with Crippen molar-refractivity contribution >= 4 is 11.9 Å². The van der Waals surface area contributed by atoms with E-state index in [2.05, 4.69) is 10.5 Å². The summed E-state index contributed by atoms with van der Waals surface area (Å²) in [7, 11) is 0. The van der Waals surface area contributed by atoms with Gasteiger partial charge in [0.05, 0.1) is 11.9 Å². The van der Waals surface area contributed by atoms with E-state index in [1.807, 2.05) is 30.3 Å². The number of aryl methyl sites for hydroxylation is 1. The van der Waals surface area contributed by atoms with E-state index in [0.29, 0.717) is 5.56 Å². The molecule has 4 heteroatoms. The van der Waals surface area contributed by atoms with Crippen LogP contribution in [0.4, 0.5) is 14.5 Å². The second-order valence-electron chi connectivity index (χ2n) is 3.86. The number of benzene rings is 2. The summed E-state index contributed by atoms with van der Waals surface area (Å²) in [6, 6.07) is 11.6. The Morgan fingerprint density at radius 2 is 1.78 bits per heavy atom. The molecular weight excluding hydrogens is 234 g/mol. The third kappa shape index (κ3) is 2.91.